The van der Waals surface area contributed by atoms with Gasteiger partial charge in [-0.2, -0.15) is 0 Å². The van der Waals surface area contributed by atoms with Crippen molar-refractivity contribution in [1.82, 2.24) is 9.21 Å². The monoisotopic (exact) mass is 420 g/mol. The number of carbonyl (C=O) groups excluding carboxylic acids is 1. The lowest BCUT2D eigenvalue weighted by atomic mass is 10.1. The second-order valence-corrected chi connectivity index (χ2v) is 8.89. The minimum absolute atomic E-state index is 0.220. The van der Waals surface area contributed by atoms with E-state index in [9.17, 15) is 9.35 Å². The zero-order valence-electron chi connectivity index (χ0n) is 16.1. The number of halogens is 1. The van der Waals surface area contributed by atoms with Crippen LogP contribution in [0.3, 0.4) is 0 Å². The molecule has 5 nitrogen and oxygen atoms in total. The highest BCUT2D eigenvalue weighted by Gasteiger charge is 2.31. The first kappa shape index (κ1) is 21.1. The highest BCUT2D eigenvalue weighted by molar-refractivity contribution is 7.88. The predicted octanol–water partition coefficient (Wildman–Crippen LogP) is 3.64. The molecule has 0 aromatic heterocycles. The summed E-state index contributed by atoms with van der Waals surface area (Å²) in [5.74, 6) is 0.732. The second kappa shape index (κ2) is 9.76. The Balaban J connectivity index is 1.61. The van der Waals surface area contributed by atoms with Crippen molar-refractivity contribution in [1.29, 1.82) is 0 Å². The molecule has 0 saturated carbocycles. The summed E-state index contributed by atoms with van der Waals surface area (Å²) in [6.45, 7) is 6.39. The molecule has 1 saturated heterocycles. The molecule has 2 unspecified atom stereocenters. The summed E-state index contributed by atoms with van der Waals surface area (Å²) in [6.07, 6.45) is 0. The lowest BCUT2D eigenvalue weighted by Gasteiger charge is -2.39. The van der Waals surface area contributed by atoms with Gasteiger partial charge in [-0.15, -0.1) is 4.31 Å². The summed E-state index contributed by atoms with van der Waals surface area (Å²) >= 11 is 5.10. The van der Waals surface area contributed by atoms with Gasteiger partial charge in [0.25, 0.3) is 0 Å². The van der Waals surface area contributed by atoms with Crippen LogP contribution < -0.4 is 4.74 Å². The first-order valence-corrected chi connectivity index (χ1v) is 11.0. The Labute approximate surface area is 174 Å². The van der Waals surface area contributed by atoms with Gasteiger partial charge in [-0.1, -0.05) is 41.9 Å². The van der Waals surface area contributed by atoms with E-state index in [2.05, 4.69) is 11.8 Å². The van der Waals surface area contributed by atoms with Gasteiger partial charge in [-0.05, 0) is 25.1 Å². The van der Waals surface area contributed by atoms with Crippen molar-refractivity contribution in [2.24, 2.45) is 0 Å². The molecule has 0 bridgehead atoms. The van der Waals surface area contributed by atoms with Gasteiger partial charge in [0.2, 0.25) is 0 Å². The van der Waals surface area contributed by atoms with E-state index in [1.807, 2.05) is 40.7 Å². The highest BCUT2D eigenvalue weighted by atomic mass is 35.5. The highest BCUT2D eigenvalue weighted by Crippen LogP contribution is 2.27. The molecular formula is C21H25ClN2O3S. The summed E-state index contributed by atoms with van der Waals surface area (Å²) in [5, 5.41) is 0.612. The standard InChI is InChI=1S/C21H25ClN2O3S/c1-16-13-24(28(26)15-18-6-4-3-5-7-18)11-10-23(16)14-19-12-20(22)8-9-21(19)27-17(2)25/h3-9,12,16H,10-11,13-15H2,1-2H3. The SMILES string of the molecule is CC(=O)Oc1ccc(Cl)cc1CN1CCN([S+]([O-])Cc2ccccc2)CC1C. The minimum atomic E-state index is -1.04. The summed E-state index contributed by atoms with van der Waals surface area (Å²) in [4.78, 5) is 13.7. The van der Waals surface area contributed by atoms with Crippen molar-refractivity contribution < 1.29 is 14.1 Å². The molecule has 2 aromatic carbocycles. The number of benzene rings is 2. The molecule has 0 aliphatic carbocycles. The van der Waals surface area contributed by atoms with Crippen molar-refractivity contribution in [2.45, 2.75) is 32.2 Å². The van der Waals surface area contributed by atoms with Crippen LogP contribution in [0.4, 0.5) is 0 Å². The molecule has 0 N–H and O–H groups in total. The molecule has 1 heterocycles. The molecular weight excluding hydrogens is 396 g/mol. The Morgan fingerprint density at radius 1 is 1.25 bits per heavy atom. The molecule has 7 heteroatoms. The fraction of sp³-hybridized carbons (Fsp3) is 0.381. The number of rotatable bonds is 6. The van der Waals surface area contributed by atoms with Crippen molar-refractivity contribution in [3.8, 4) is 5.75 Å². The summed E-state index contributed by atoms with van der Waals surface area (Å²) < 4.78 is 20.1. The summed E-state index contributed by atoms with van der Waals surface area (Å²) in [7, 11) is 0. The third kappa shape index (κ3) is 5.72. The smallest absolute Gasteiger partial charge is 0.308 e. The topological polar surface area (TPSA) is 55.8 Å². The molecule has 1 aliphatic rings. The molecule has 1 aliphatic heterocycles. The van der Waals surface area contributed by atoms with Crippen molar-refractivity contribution >= 4 is 28.9 Å². The quantitative estimate of drug-likeness (QED) is 0.405. The third-order valence-electron chi connectivity index (χ3n) is 4.80. The van der Waals surface area contributed by atoms with Crippen LogP contribution in [0.2, 0.25) is 5.02 Å². The number of esters is 1. The van der Waals surface area contributed by atoms with Crippen LogP contribution in [-0.4, -0.2) is 45.4 Å². The van der Waals surface area contributed by atoms with E-state index in [0.717, 1.165) is 30.8 Å². The van der Waals surface area contributed by atoms with Crippen molar-refractivity contribution in [3.63, 3.8) is 0 Å². The van der Waals surface area contributed by atoms with Crippen LogP contribution in [0.1, 0.15) is 25.0 Å². The van der Waals surface area contributed by atoms with E-state index in [4.69, 9.17) is 16.3 Å². The molecule has 150 valence electrons. The third-order valence-corrected chi connectivity index (χ3v) is 6.52. The molecule has 1 fully saturated rings. The average molecular weight is 421 g/mol. The van der Waals surface area contributed by atoms with Gasteiger partial charge in [0.05, 0.1) is 13.1 Å². The van der Waals surface area contributed by atoms with E-state index in [0.29, 0.717) is 23.1 Å². The van der Waals surface area contributed by atoms with Crippen molar-refractivity contribution in [2.75, 3.05) is 19.6 Å². The van der Waals surface area contributed by atoms with E-state index in [1.54, 1.807) is 12.1 Å². The normalized spacial score (nSPS) is 19.4. The zero-order valence-corrected chi connectivity index (χ0v) is 17.7. The van der Waals surface area contributed by atoms with E-state index in [-0.39, 0.29) is 12.0 Å². The lowest BCUT2D eigenvalue weighted by molar-refractivity contribution is -0.131. The Morgan fingerprint density at radius 3 is 2.68 bits per heavy atom. The number of hydrogen-bond donors (Lipinski definition) is 0. The predicted molar refractivity (Wildman–Crippen MR) is 112 cm³/mol. The Hall–Kier alpha value is -1.57. The summed E-state index contributed by atoms with van der Waals surface area (Å²) in [5.41, 5.74) is 1.97. The van der Waals surface area contributed by atoms with Gasteiger partial charge in [0.1, 0.15) is 5.75 Å². The average Bonchev–Trinajstić information content (AvgIpc) is 2.66. The number of piperazine rings is 1. The largest absolute Gasteiger partial charge is 0.598 e. The second-order valence-electron chi connectivity index (χ2n) is 7.00. The van der Waals surface area contributed by atoms with Gasteiger partial charge in [-0.3, -0.25) is 9.69 Å². The van der Waals surface area contributed by atoms with Crippen LogP contribution >= 0.6 is 11.6 Å². The van der Waals surface area contributed by atoms with Gasteiger partial charge >= 0.3 is 5.97 Å². The van der Waals surface area contributed by atoms with E-state index >= 15 is 0 Å². The van der Waals surface area contributed by atoms with Crippen LogP contribution in [0.25, 0.3) is 0 Å². The van der Waals surface area contributed by atoms with Crippen LogP contribution in [0, 0.1) is 0 Å². The number of ether oxygens (including phenoxy) is 1. The number of nitrogens with zero attached hydrogens (tertiary/aromatic N) is 2. The van der Waals surface area contributed by atoms with Gasteiger partial charge < -0.3 is 9.29 Å². The van der Waals surface area contributed by atoms with E-state index in [1.165, 1.54) is 6.92 Å². The number of carbonyl (C=O) groups is 1. The zero-order chi connectivity index (χ0) is 20.1. The first-order valence-electron chi connectivity index (χ1n) is 9.30. The van der Waals surface area contributed by atoms with Gasteiger partial charge in [0, 0.05) is 53.6 Å². The van der Waals surface area contributed by atoms with Gasteiger partial charge in [-0.25, -0.2) is 0 Å². The molecule has 0 spiro atoms. The first-order chi connectivity index (χ1) is 13.4. The van der Waals surface area contributed by atoms with Crippen molar-refractivity contribution in [3.05, 3.63) is 64.7 Å². The Bertz CT molecular complexity index is 805. The maximum absolute atomic E-state index is 12.7. The molecule has 0 amide bonds. The fourth-order valence-corrected chi connectivity index (χ4v) is 4.86. The van der Waals surface area contributed by atoms with Gasteiger partial charge in [0.15, 0.2) is 5.75 Å². The lowest BCUT2D eigenvalue weighted by Crippen LogP contribution is -2.53. The molecule has 0 radical (unpaired) electrons. The Kier molecular flexibility index (Phi) is 7.37. The maximum atomic E-state index is 12.7. The Morgan fingerprint density at radius 2 is 2.00 bits per heavy atom. The molecule has 28 heavy (non-hydrogen) atoms. The molecule has 3 rings (SSSR count). The summed E-state index contributed by atoms with van der Waals surface area (Å²) in [6, 6.07) is 15.4. The maximum Gasteiger partial charge on any atom is 0.308 e. The van der Waals surface area contributed by atoms with E-state index < -0.39 is 11.4 Å². The van der Waals surface area contributed by atoms with Crippen LogP contribution in [0.15, 0.2) is 48.5 Å². The molecule has 2 aromatic rings. The fourth-order valence-electron chi connectivity index (χ4n) is 3.33. The molecule has 2 atom stereocenters. The van der Waals surface area contributed by atoms with Crippen LogP contribution in [-0.2, 0) is 28.5 Å². The van der Waals surface area contributed by atoms with Crippen LogP contribution in [0.5, 0.6) is 5.75 Å². The number of hydrogen-bond acceptors (Lipinski definition) is 5. The minimum Gasteiger partial charge on any atom is -0.598 e.